The second-order valence-electron chi connectivity index (χ2n) is 3.88. The van der Waals surface area contributed by atoms with E-state index in [-0.39, 0.29) is 0 Å². The smallest absolute Gasteiger partial charge is 0.147 e. The van der Waals surface area contributed by atoms with Crippen molar-refractivity contribution in [3.63, 3.8) is 0 Å². The molecule has 0 N–H and O–H groups in total. The summed E-state index contributed by atoms with van der Waals surface area (Å²) < 4.78 is 7.83. The highest BCUT2D eigenvalue weighted by molar-refractivity contribution is 6.16. The highest BCUT2D eigenvalue weighted by atomic mass is 35.5. The SMILES string of the molecule is CCCOc1cccc2c1nc(CCl)n2CC. The number of aryl methyl sites for hydroxylation is 1. The third-order valence-corrected chi connectivity index (χ3v) is 2.96. The number of hydrogen-bond donors (Lipinski definition) is 0. The molecule has 1 heterocycles. The van der Waals surface area contributed by atoms with Crippen molar-refractivity contribution in [1.82, 2.24) is 9.55 Å². The summed E-state index contributed by atoms with van der Waals surface area (Å²) in [6.45, 7) is 5.77. The van der Waals surface area contributed by atoms with Crippen LogP contribution in [-0.2, 0) is 12.4 Å². The van der Waals surface area contributed by atoms with Gasteiger partial charge in [-0.3, -0.25) is 0 Å². The van der Waals surface area contributed by atoms with Crippen LogP contribution in [0, 0.1) is 0 Å². The van der Waals surface area contributed by atoms with E-state index in [1.165, 1.54) is 0 Å². The Labute approximate surface area is 106 Å². The fraction of sp³-hybridized carbons (Fsp3) is 0.462. The Kier molecular flexibility index (Phi) is 3.89. The average molecular weight is 253 g/mol. The van der Waals surface area contributed by atoms with Crippen molar-refractivity contribution < 1.29 is 4.74 Å². The van der Waals surface area contributed by atoms with Gasteiger partial charge in [0.15, 0.2) is 0 Å². The molecule has 0 spiro atoms. The van der Waals surface area contributed by atoms with Crippen LogP contribution in [-0.4, -0.2) is 16.2 Å². The summed E-state index contributed by atoms with van der Waals surface area (Å²) in [7, 11) is 0. The molecule has 0 saturated carbocycles. The molecule has 0 aliphatic rings. The van der Waals surface area contributed by atoms with E-state index >= 15 is 0 Å². The summed E-state index contributed by atoms with van der Waals surface area (Å²) in [5.41, 5.74) is 2.01. The number of halogens is 1. The molecule has 0 atom stereocenters. The second-order valence-corrected chi connectivity index (χ2v) is 4.15. The molecular weight excluding hydrogens is 236 g/mol. The van der Waals surface area contributed by atoms with Crippen LogP contribution in [0.5, 0.6) is 5.75 Å². The lowest BCUT2D eigenvalue weighted by molar-refractivity contribution is 0.320. The van der Waals surface area contributed by atoms with Crippen LogP contribution in [0.25, 0.3) is 11.0 Å². The molecule has 0 aliphatic carbocycles. The standard InChI is InChI=1S/C13H17ClN2O/c1-3-8-17-11-7-5-6-10-13(11)15-12(9-14)16(10)4-2/h5-7H,3-4,8-9H2,1-2H3. The van der Waals surface area contributed by atoms with E-state index in [4.69, 9.17) is 16.3 Å². The van der Waals surface area contributed by atoms with E-state index in [0.717, 1.165) is 35.6 Å². The monoisotopic (exact) mass is 252 g/mol. The molecular formula is C13H17ClN2O. The lowest BCUT2D eigenvalue weighted by Gasteiger charge is -2.05. The molecule has 0 bridgehead atoms. The van der Waals surface area contributed by atoms with Crippen LogP contribution in [0.3, 0.4) is 0 Å². The number of para-hydroxylation sites is 1. The Hall–Kier alpha value is -1.22. The van der Waals surface area contributed by atoms with E-state index in [0.29, 0.717) is 12.5 Å². The normalized spacial score (nSPS) is 11.0. The third kappa shape index (κ3) is 2.25. The molecule has 0 unspecified atom stereocenters. The number of imidazole rings is 1. The zero-order valence-corrected chi connectivity index (χ0v) is 11.0. The first-order valence-electron chi connectivity index (χ1n) is 5.98. The lowest BCUT2D eigenvalue weighted by atomic mass is 10.3. The number of benzene rings is 1. The number of nitrogens with zero attached hydrogens (tertiary/aromatic N) is 2. The molecule has 0 radical (unpaired) electrons. The summed E-state index contributed by atoms with van der Waals surface area (Å²) in [6, 6.07) is 6.02. The lowest BCUT2D eigenvalue weighted by Crippen LogP contribution is -1.99. The Morgan fingerprint density at radius 2 is 2.18 bits per heavy atom. The van der Waals surface area contributed by atoms with Crippen molar-refractivity contribution >= 4 is 22.6 Å². The van der Waals surface area contributed by atoms with Gasteiger partial charge in [0.2, 0.25) is 0 Å². The summed E-state index contributed by atoms with van der Waals surface area (Å²) in [5.74, 6) is 2.18. The van der Waals surface area contributed by atoms with E-state index in [2.05, 4.69) is 29.5 Å². The minimum atomic E-state index is 0.426. The Morgan fingerprint density at radius 3 is 2.82 bits per heavy atom. The van der Waals surface area contributed by atoms with Crippen molar-refractivity contribution in [3.05, 3.63) is 24.0 Å². The first kappa shape index (κ1) is 12.2. The third-order valence-electron chi connectivity index (χ3n) is 2.72. The van der Waals surface area contributed by atoms with Crippen LogP contribution in [0.1, 0.15) is 26.1 Å². The minimum Gasteiger partial charge on any atom is -0.491 e. The number of ether oxygens (including phenoxy) is 1. The van der Waals surface area contributed by atoms with E-state index < -0.39 is 0 Å². The topological polar surface area (TPSA) is 27.1 Å². The first-order valence-corrected chi connectivity index (χ1v) is 6.52. The summed E-state index contributed by atoms with van der Waals surface area (Å²) >= 11 is 5.91. The molecule has 92 valence electrons. The summed E-state index contributed by atoms with van der Waals surface area (Å²) in [6.07, 6.45) is 0.993. The summed E-state index contributed by atoms with van der Waals surface area (Å²) in [4.78, 5) is 4.56. The Morgan fingerprint density at radius 1 is 1.35 bits per heavy atom. The molecule has 0 amide bonds. The van der Waals surface area contributed by atoms with Crippen LogP contribution >= 0.6 is 11.6 Å². The van der Waals surface area contributed by atoms with Gasteiger partial charge in [0, 0.05) is 6.54 Å². The number of rotatable bonds is 5. The highest BCUT2D eigenvalue weighted by Gasteiger charge is 2.12. The van der Waals surface area contributed by atoms with Crippen LogP contribution in [0.15, 0.2) is 18.2 Å². The molecule has 1 aromatic carbocycles. The molecule has 2 aromatic rings. The van der Waals surface area contributed by atoms with Crippen LogP contribution < -0.4 is 4.74 Å². The van der Waals surface area contributed by atoms with Gasteiger partial charge in [-0.2, -0.15) is 0 Å². The van der Waals surface area contributed by atoms with Gasteiger partial charge in [-0.1, -0.05) is 13.0 Å². The minimum absolute atomic E-state index is 0.426. The van der Waals surface area contributed by atoms with Gasteiger partial charge >= 0.3 is 0 Å². The van der Waals surface area contributed by atoms with Crippen LogP contribution in [0.2, 0.25) is 0 Å². The fourth-order valence-corrected chi connectivity index (χ4v) is 2.16. The Bertz CT molecular complexity index is 507. The highest BCUT2D eigenvalue weighted by Crippen LogP contribution is 2.26. The molecule has 2 rings (SSSR count). The molecule has 1 aromatic heterocycles. The molecule has 17 heavy (non-hydrogen) atoms. The van der Waals surface area contributed by atoms with Gasteiger partial charge < -0.3 is 9.30 Å². The maximum Gasteiger partial charge on any atom is 0.147 e. The van der Waals surface area contributed by atoms with Crippen molar-refractivity contribution in [1.29, 1.82) is 0 Å². The average Bonchev–Trinajstić information content (AvgIpc) is 2.74. The number of alkyl halides is 1. The number of fused-ring (bicyclic) bond motifs is 1. The molecule has 0 aliphatic heterocycles. The zero-order valence-electron chi connectivity index (χ0n) is 10.2. The zero-order chi connectivity index (χ0) is 12.3. The van der Waals surface area contributed by atoms with Gasteiger partial charge in [0.05, 0.1) is 18.0 Å². The van der Waals surface area contributed by atoms with Crippen molar-refractivity contribution in [2.24, 2.45) is 0 Å². The van der Waals surface area contributed by atoms with Crippen molar-refractivity contribution in [2.75, 3.05) is 6.61 Å². The number of aromatic nitrogens is 2. The molecule has 0 fully saturated rings. The van der Waals surface area contributed by atoms with Crippen LogP contribution in [0.4, 0.5) is 0 Å². The van der Waals surface area contributed by atoms with Crippen molar-refractivity contribution in [2.45, 2.75) is 32.7 Å². The molecule has 3 nitrogen and oxygen atoms in total. The first-order chi connectivity index (χ1) is 8.31. The van der Waals surface area contributed by atoms with Gasteiger partial charge in [0.25, 0.3) is 0 Å². The quantitative estimate of drug-likeness (QED) is 0.761. The predicted octanol–water partition coefficient (Wildman–Crippen LogP) is 3.58. The van der Waals surface area contributed by atoms with E-state index in [9.17, 15) is 0 Å². The largest absolute Gasteiger partial charge is 0.491 e. The van der Waals surface area contributed by atoms with Crippen molar-refractivity contribution in [3.8, 4) is 5.75 Å². The summed E-state index contributed by atoms with van der Waals surface area (Å²) in [5, 5.41) is 0. The maximum absolute atomic E-state index is 5.91. The van der Waals surface area contributed by atoms with E-state index in [1.54, 1.807) is 0 Å². The fourth-order valence-electron chi connectivity index (χ4n) is 1.95. The second kappa shape index (κ2) is 5.41. The molecule has 0 saturated heterocycles. The van der Waals surface area contributed by atoms with Gasteiger partial charge in [-0.25, -0.2) is 4.98 Å². The molecule has 4 heteroatoms. The van der Waals surface area contributed by atoms with Gasteiger partial charge in [-0.05, 0) is 25.5 Å². The van der Waals surface area contributed by atoms with Gasteiger partial charge in [-0.15, -0.1) is 11.6 Å². The Balaban J connectivity index is 2.52. The predicted molar refractivity (Wildman–Crippen MR) is 70.8 cm³/mol. The maximum atomic E-state index is 5.91. The number of hydrogen-bond acceptors (Lipinski definition) is 2. The van der Waals surface area contributed by atoms with Gasteiger partial charge in [0.1, 0.15) is 17.1 Å². The van der Waals surface area contributed by atoms with E-state index in [1.807, 2.05) is 12.1 Å².